The average Bonchev–Trinajstić information content (AvgIpc) is 2.53. The summed E-state index contributed by atoms with van der Waals surface area (Å²) < 4.78 is 27.9. The molecule has 2 N–H and O–H groups in total. The maximum atomic E-state index is 11.4. The molecular weight excluding hydrogens is 202 g/mol. The Hall–Kier alpha value is -0.810. The van der Waals surface area contributed by atoms with Gasteiger partial charge in [-0.05, 0) is 18.6 Å². The Labute approximate surface area is 84.0 Å². The summed E-state index contributed by atoms with van der Waals surface area (Å²) in [6.07, 6.45) is 2.11. The number of nitrogens with two attached hydrogens (primary N) is 1. The summed E-state index contributed by atoms with van der Waals surface area (Å²) in [6.45, 7) is 1.83. The van der Waals surface area contributed by atoms with Crippen LogP contribution in [-0.4, -0.2) is 19.9 Å². The molecule has 4 nitrogen and oxygen atoms in total. The van der Waals surface area contributed by atoms with E-state index in [-0.39, 0.29) is 11.5 Å². The number of hydrogen-bond donors (Lipinski definition) is 1. The highest BCUT2D eigenvalue weighted by Gasteiger charge is 2.18. The van der Waals surface area contributed by atoms with Gasteiger partial charge in [-0.1, -0.05) is 6.92 Å². The highest BCUT2D eigenvalue weighted by Crippen LogP contribution is 2.13. The van der Waals surface area contributed by atoms with Gasteiger partial charge in [-0.25, -0.2) is 8.42 Å². The van der Waals surface area contributed by atoms with E-state index in [1.54, 1.807) is 12.1 Å². The smallest absolute Gasteiger partial charge is 0.152 e. The first-order valence-corrected chi connectivity index (χ1v) is 6.36. The number of furan rings is 1. The quantitative estimate of drug-likeness (QED) is 0.801. The Morgan fingerprint density at radius 2 is 2.29 bits per heavy atom. The zero-order valence-corrected chi connectivity index (χ0v) is 8.96. The van der Waals surface area contributed by atoms with Gasteiger partial charge in [-0.3, -0.25) is 0 Å². The number of rotatable bonds is 5. The minimum absolute atomic E-state index is 0.0473. The van der Waals surface area contributed by atoms with Crippen molar-refractivity contribution in [3.8, 4) is 0 Å². The third-order valence-corrected chi connectivity index (χ3v) is 3.75. The van der Waals surface area contributed by atoms with Crippen molar-refractivity contribution in [2.24, 2.45) is 5.73 Å². The third-order valence-electron chi connectivity index (χ3n) is 1.86. The molecule has 1 rings (SSSR count). The predicted molar refractivity (Wildman–Crippen MR) is 54.6 cm³/mol. The average molecular weight is 217 g/mol. The van der Waals surface area contributed by atoms with E-state index in [4.69, 9.17) is 10.2 Å². The zero-order chi connectivity index (χ0) is 10.6. The summed E-state index contributed by atoms with van der Waals surface area (Å²) >= 11 is 0. The molecule has 0 amide bonds. The summed E-state index contributed by atoms with van der Waals surface area (Å²) in [4.78, 5) is 0. The molecule has 0 aliphatic rings. The van der Waals surface area contributed by atoms with Gasteiger partial charge >= 0.3 is 0 Å². The largest absolute Gasteiger partial charge is 0.468 e. The van der Waals surface area contributed by atoms with Gasteiger partial charge in [0, 0.05) is 5.75 Å². The molecule has 1 aromatic rings. The van der Waals surface area contributed by atoms with Crippen LogP contribution >= 0.6 is 0 Å². The van der Waals surface area contributed by atoms with Crippen LogP contribution < -0.4 is 5.73 Å². The van der Waals surface area contributed by atoms with Crippen LogP contribution in [0.2, 0.25) is 0 Å². The van der Waals surface area contributed by atoms with E-state index in [0.717, 1.165) is 0 Å². The molecule has 0 saturated carbocycles. The molecule has 0 saturated heterocycles. The molecule has 80 valence electrons. The molecule has 14 heavy (non-hydrogen) atoms. The minimum Gasteiger partial charge on any atom is -0.468 e. The Balaban J connectivity index is 2.61. The van der Waals surface area contributed by atoms with Crippen molar-refractivity contribution in [2.75, 3.05) is 11.5 Å². The molecule has 0 aliphatic carbocycles. The van der Waals surface area contributed by atoms with Crippen LogP contribution in [0.25, 0.3) is 0 Å². The van der Waals surface area contributed by atoms with E-state index in [1.165, 1.54) is 6.26 Å². The SMILES string of the molecule is CCCS(=O)(=O)CC(N)c1ccco1. The topological polar surface area (TPSA) is 73.3 Å². The van der Waals surface area contributed by atoms with Crippen LogP contribution in [0.5, 0.6) is 0 Å². The molecule has 1 unspecified atom stereocenters. The van der Waals surface area contributed by atoms with E-state index in [9.17, 15) is 8.42 Å². The molecular formula is C9H15NO3S. The fourth-order valence-electron chi connectivity index (χ4n) is 1.25. The maximum absolute atomic E-state index is 11.4. The minimum atomic E-state index is -3.04. The van der Waals surface area contributed by atoms with Crippen LogP contribution in [0.4, 0.5) is 0 Å². The van der Waals surface area contributed by atoms with Crippen molar-refractivity contribution in [3.05, 3.63) is 24.2 Å². The van der Waals surface area contributed by atoms with Crippen LogP contribution in [0.15, 0.2) is 22.8 Å². The second-order valence-corrected chi connectivity index (χ2v) is 5.46. The monoisotopic (exact) mass is 217 g/mol. The third kappa shape index (κ3) is 3.16. The fraction of sp³-hybridized carbons (Fsp3) is 0.556. The Bertz CT molecular complexity index is 355. The maximum Gasteiger partial charge on any atom is 0.152 e. The Morgan fingerprint density at radius 1 is 1.57 bits per heavy atom. The van der Waals surface area contributed by atoms with Crippen LogP contribution in [0.3, 0.4) is 0 Å². The van der Waals surface area contributed by atoms with Crippen molar-refractivity contribution >= 4 is 9.84 Å². The van der Waals surface area contributed by atoms with E-state index >= 15 is 0 Å². The lowest BCUT2D eigenvalue weighted by molar-refractivity contribution is 0.477. The number of hydrogen-bond acceptors (Lipinski definition) is 4. The Morgan fingerprint density at radius 3 is 2.79 bits per heavy atom. The normalized spacial score (nSPS) is 14.1. The summed E-state index contributed by atoms with van der Waals surface area (Å²) in [5, 5.41) is 0. The highest BCUT2D eigenvalue weighted by atomic mass is 32.2. The van der Waals surface area contributed by atoms with Crippen molar-refractivity contribution in [3.63, 3.8) is 0 Å². The highest BCUT2D eigenvalue weighted by molar-refractivity contribution is 7.91. The van der Waals surface area contributed by atoms with Gasteiger partial charge in [-0.2, -0.15) is 0 Å². The van der Waals surface area contributed by atoms with Gasteiger partial charge in [0.1, 0.15) is 5.76 Å². The lowest BCUT2D eigenvalue weighted by atomic mass is 10.3. The van der Waals surface area contributed by atoms with E-state index in [2.05, 4.69) is 0 Å². The summed E-state index contributed by atoms with van der Waals surface area (Å²) in [5.74, 6) is 0.653. The summed E-state index contributed by atoms with van der Waals surface area (Å²) in [6, 6.07) is 2.83. The van der Waals surface area contributed by atoms with E-state index < -0.39 is 15.9 Å². The number of sulfone groups is 1. The van der Waals surface area contributed by atoms with Crippen LogP contribution in [0.1, 0.15) is 25.1 Å². The van der Waals surface area contributed by atoms with Crippen LogP contribution in [0, 0.1) is 0 Å². The van der Waals surface area contributed by atoms with E-state index in [1.807, 2.05) is 6.92 Å². The second-order valence-electron chi connectivity index (χ2n) is 3.24. The van der Waals surface area contributed by atoms with Gasteiger partial charge in [0.25, 0.3) is 0 Å². The van der Waals surface area contributed by atoms with E-state index in [0.29, 0.717) is 12.2 Å². The standard InChI is InChI=1S/C9H15NO3S/c1-2-6-14(11,12)7-8(10)9-4-3-5-13-9/h3-5,8H,2,6-7,10H2,1H3. The van der Waals surface area contributed by atoms with Gasteiger partial charge in [-0.15, -0.1) is 0 Å². The molecule has 0 aromatic carbocycles. The van der Waals surface area contributed by atoms with Crippen molar-refractivity contribution in [2.45, 2.75) is 19.4 Å². The molecule has 5 heteroatoms. The summed E-state index contributed by atoms with van der Waals surface area (Å²) in [5.41, 5.74) is 5.68. The van der Waals surface area contributed by atoms with Crippen LogP contribution in [-0.2, 0) is 9.84 Å². The first-order chi connectivity index (χ1) is 6.55. The fourth-order valence-corrected chi connectivity index (χ4v) is 2.75. The predicted octanol–water partition coefficient (Wildman–Crippen LogP) is 1.10. The molecule has 1 aromatic heterocycles. The van der Waals surface area contributed by atoms with Crippen molar-refractivity contribution < 1.29 is 12.8 Å². The molecule has 0 radical (unpaired) electrons. The zero-order valence-electron chi connectivity index (χ0n) is 8.14. The van der Waals surface area contributed by atoms with Gasteiger partial charge in [0.2, 0.25) is 0 Å². The Kier molecular flexibility index (Phi) is 3.71. The molecule has 0 fully saturated rings. The lowest BCUT2D eigenvalue weighted by Crippen LogP contribution is -2.23. The molecule has 0 aliphatic heterocycles. The molecule has 0 spiro atoms. The van der Waals surface area contributed by atoms with Crippen molar-refractivity contribution in [1.82, 2.24) is 0 Å². The van der Waals surface area contributed by atoms with Gasteiger partial charge < -0.3 is 10.2 Å². The summed E-state index contributed by atoms with van der Waals surface area (Å²) in [7, 11) is -3.04. The van der Waals surface area contributed by atoms with Crippen molar-refractivity contribution in [1.29, 1.82) is 0 Å². The molecule has 0 bridgehead atoms. The first kappa shape index (κ1) is 11.3. The first-order valence-electron chi connectivity index (χ1n) is 4.54. The lowest BCUT2D eigenvalue weighted by Gasteiger charge is -2.08. The van der Waals surface area contributed by atoms with Gasteiger partial charge in [0.15, 0.2) is 9.84 Å². The van der Waals surface area contributed by atoms with Gasteiger partial charge in [0.05, 0.1) is 18.1 Å². The molecule has 1 atom stereocenters. The second kappa shape index (κ2) is 4.61. The molecule has 1 heterocycles.